The van der Waals surface area contributed by atoms with Crippen LogP contribution in [0.1, 0.15) is 35.5 Å². The molecular weight excluding hydrogens is 467 g/mol. The van der Waals surface area contributed by atoms with Crippen LogP contribution in [0.15, 0.2) is 53.4 Å². The number of carbonyl (C=O) groups excluding carboxylic acids is 1. The second-order valence-corrected chi connectivity index (χ2v) is 10.9. The van der Waals surface area contributed by atoms with Crippen LogP contribution in [0.25, 0.3) is 5.69 Å². The summed E-state index contributed by atoms with van der Waals surface area (Å²) in [4.78, 5) is 13.1. The van der Waals surface area contributed by atoms with Crippen LogP contribution in [0.3, 0.4) is 0 Å². The summed E-state index contributed by atoms with van der Waals surface area (Å²) >= 11 is 0. The lowest BCUT2D eigenvalue weighted by Crippen LogP contribution is -2.30. The van der Waals surface area contributed by atoms with Gasteiger partial charge in [0.15, 0.2) is 0 Å². The molecule has 3 aromatic rings. The summed E-state index contributed by atoms with van der Waals surface area (Å²) in [6, 6.07) is 11.4. The van der Waals surface area contributed by atoms with Crippen molar-refractivity contribution in [1.29, 1.82) is 0 Å². The molecule has 0 fully saturated rings. The highest BCUT2D eigenvalue weighted by molar-refractivity contribution is 7.89. The number of benzene rings is 2. The molecule has 0 bridgehead atoms. The summed E-state index contributed by atoms with van der Waals surface area (Å²) in [5.41, 5.74) is 2.10. The molecule has 0 saturated heterocycles. The topological polar surface area (TPSA) is 101 Å². The Hall–Kier alpha value is -2.89. The number of rotatable bonds is 7. The Balaban J connectivity index is 1.64. The zero-order valence-electron chi connectivity index (χ0n) is 18.1. The molecule has 0 radical (unpaired) electrons. The minimum absolute atomic E-state index is 0.107. The molecule has 1 amide bonds. The zero-order chi connectivity index (χ0) is 23.8. The van der Waals surface area contributed by atoms with Gasteiger partial charge in [-0.1, -0.05) is 13.8 Å². The molecule has 8 nitrogen and oxygen atoms in total. The number of carbonyl (C=O) groups is 1. The predicted molar refractivity (Wildman–Crippen MR) is 124 cm³/mol. The van der Waals surface area contributed by atoms with Crippen LogP contribution >= 0.6 is 0 Å². The highest BCUT2D eigenvalue weighted by atomic mass is 32.2. The van der Waals surface area contributed by atoms with Gasteiger partial charge in [-0.25, -0.2) is 17.5 Å². The van der Waals surface area contributed by atoms with Gasteiger partial charge >= 0.3 is 0 Å². The van der Waals surface area contributed by atoms with Crippen LogP contribution in [-0.4, -0.2) is 45.7 Å². The van der Waals surface area contributed by atoms with Crippen LogP contribution in [0.5, 0.6) is 0 Å². The second kappa shape index (κ2) is 9.16. The van der Waals surface area contributed by atoms with Crippen LogP contribution < -0.4 is 5.32 Å². The van der Waals surface area contributed by atoms with Crippen molar-refractivity contribution in [2.75, 3.05) is 18.4 Å². The lowest BCUT2D eigenvalue weighted by atomic mass is 10.2. The van der Waals surface area contributed by atoms with Gasteiger partial charge in [-0.3, -0.25) is 9.00 Å². The lowest BCUT2D eigenvalue weighted by Gasteiger charge is -2.18. The van der Waals surface area contributed by atoms with E-state index in [0.29, 0.717) is 35.9 Å². The van der Waals surface area contributed by atoms with Crippen LogP contribution in [0.4, 0.5) is 10.2 Å². The molecule has 4 rings (SSSR count). The summed E-state index contributed by atoms with van der Waals surface area (Å²) in [6.45, 7) is 4.22. The summed E-state index contributed by atoms with van der Waals surface area (Å²) in [7, 11) is -4.74. The van der Waals surface area contributed by atoms with Crippen molar-refractivity contribution in [2.24, 2.45) is 0 Å². The highest BCUT2D eigenvalue weighted by Crippen LogP contribution is 2.31. The number of halogens is 1. The van der Waals surface area contributed by atoms with Crippen molar-refractivity contribution in [1.82, 2.24) is 14.1 Å². The van der Waals surface area contributed by atoms with Crippen LogP contribution in [0, 0.1) is 5.82 Å². The van der Waals surface area contributed by atoms with Crippen molar-refractivity contribution in [3.05, 3.63) is 71.2 Å². The molecule has 33 heavy (non-hydrogen) atoms. The maximum Gasteiger partial charge on any atom is 0.256 e. The number of nitrogens with one attached hydrogen (secondary N) is 1. The average Bonchev–Trinajstić information content (AvgIpc) is 3.31. The normalized spacial score (nSPS) is 15.6. The van der Waals surface area contributed by atoms with E-state index in [-0.39, 0.29) is 22.0 Å². The molecule has 1 unspecified atom stereocenters. The van der Waals surface area contributed by atoms with Crippen molar-refractivity contribution in [2.45, 2.75) is 30.2 Å². The highest BCUT2D eigenvalue weighted by Gasteiger charge is 2.29. The van der Waals surface area contributed by atoms with Gasteiger partial charge in [0.1, 0.15) is 11.6 Å². The predicted octanol–water partition coefficient (Wildman–Crippen LogP) is 3.06. The SMILES string of the molecule is CCN(CC)S(=O)(=O)c1ccc(C(=O)Nc2c3c(nn2-c2ccc(F)cc2)CS(=O)C3)cc1. The third-order valence-electron chi connectivity index (χ3n) is 5.43. The van der Waals surface area contributed by atoms with Crippen molar-refractivity contribution < 1.29 is 21.8 Å². The minimum atomic E-state index is -3.63. The van der Waals surface area contributed by atoms with E-state index in [1.165, 1.54) is 57.5 Å². The van der Waals surface area contributed by atoms with Gasteiger partial charge in [0.2, 0.25) is 10.0 Å². The minimum Gasteiger partial charge on any atom is -0.306 e. The van der Waals surface area contributed by atoms with Crippen molar-refractivity contribution in [3.63, 3.8) is 0 Å². The summed E-state index contributed by atoms with van der Waals surface area (Å²) in [5, 5.41) is 7.29. The van der Waals surface area contributed by atoms with Crippen molar-refractivity contribution >= 4 is 32.5 Å². The monoisotopic (exact) mass is 490 g/mol. The Morgan fingerprint density at radius 3 is 2.33 bits per heavy atom. The van der Waals surface area contributed by atoms with E-state index in [4.69, 9.17) is 0 Å². The number of sulfonamides is 1. The second-order valence-electron chi connectivity index (χ2n) is 7.46. The Kier molecular flexibility index (Phi) is 6.46. The number of anilines is 1. The number of fused-ring (bicyclic) bond motifs is 1. The van der Waals surface area contributed by atoms with E-state index in [9.17, 15) is 21.8 Å². The third-order valence-corrected chi connectivity index (χ3v) is 8.70. The van der Waals surface area contributed by atoms with E-state index in [0.717, 1.165) is 0 Å². The van der Waals surface area contributed by atoms with Gasteiger partial charge in [-0.05, 0) is 48.5 Å². The first-order valence-corrected chi connectivity index (χ1v) is 13.3. The molecule has 1 aliphatic rings. The van der Waals surface area contributed by atoms with Crippen molar-refractivity contribution in [3.8, 4) is 5.69 Å². The van der Waals surface area contributed by atoms with Gasteiger partial charge < -0.3 is 5.32 Å². The largest absolute Gasteiger partial charge is 0.306 e. The van der Waals surface area contributed by atoms with Crippen LogP contribution in [0.2, 0.25) is 0 Å². The van der Waals surface area contributed by atoms with Gasteiger partial charge in [0.05, 0.1) is 27.8 Å². The molecule has 2 heterocycles. The number of aromatic nitrogens is 2. The quantitative estimate of drug-likeness (QED) is 0.549. The average molecular weight is 491 g/mol. The maximum atomic E-state index is 13.4. The van der Waals surface area contributed by atoms with Gasteiger partial charge in [0.25, 0.3) is 5.91 Å². The fourth-order valence-corrected chi connectivity index (χ4v) is 6.42. The van der Waals surface area contributed by atoms with E-state index < -0.39 is 32.5 Å². The van der Waals surface area contributed by atoms with Gasteiger partial charge in [-0.2, -0.15) is 9.40 Å². The standard InChI is InChI=1S/C22H23FN4O4S2/c1-3-26(4-2)33(30,31)18-11-5-15(6-12-18)22(28)24-21-19-13-32(29)14-20(19)25-27(21)17-9-7-16(23)8-10-17/h5-12H,3-4,13-14H2,1-2H3,(H,24,28). The summed E-state index contributed by atoms with van der Waals surface area (Å²) in [6.07, 6.45) is 0. The molecule has 2 aromatic carbocycles. The zero-order valence-corrected chi connectivity index (χ0v) is 19.7. The number of hydrogen-bond acceptors (Lipinski definition) is 5. The van der Waals surface area contributed by atoms with Gasteiger partial charge in [0, 0.05) is 35.0 Å². The molecular formula is C22H23FN4O4S2. The molecule has 1 aromatic heterocycles. The number of nitrogens with zero attached hydrogens (tertiary/aromatic N) is 3. The molecule has 0 spiro atoms. The fraction of sp³-hybridized carbons (Fsp3) is 0.273. The first kappa shape index (κ1) is 23.3. The van der Waals surface area contributed by atoms with E-state index in [1.54, 1.807) is 13.8 Å². The lowest BCUT2D eigenvalue weighted by molar-refractivity contribution is 0.102. The first-order valence-electron chi connectivity index (χ1n) is 10.4. The van der Waals surface area contributed by atoms with Gasteiger partial charge in [-0.15, -0.1) is 0 Å². The number of hydrogen-bond donors (Lipinski definition) is 1. The first-order chi connectivity index (χ1) is 15.7. The Bertz CT molecular complexity index is 1320. The summed E-state index contributed by atoms with van der Waals surface area (Å²) in [5.74, 6) is 0.0417. The molecule has 0 saturated carbocycles. The maximum absolute atomic E-state index is 13.4. The smallest absolute Gasteiger partial charge is 0.256 e. The molecule has 1 atom stereocenters. The van der Waals surface area contributed by atoms with Crippen LogP contribution in [-0.2, 0) is 32.3 Å². The molecule has 0 aliphatic carbocycles. The Morgan fingerprint density at radius 2 is 1.73 bits per heavy atom. The number of amides is 1. The van der Waals surface area contributed by atoms with E-state index in [2.05, 4.69) is 10.4 Å². The van der Waals surface area contributed by atoms with E-state index >= 15 is 0 Å². The fourth-order valence-electron chi connectivity index (χ4n) is 3.70. The molecule has 1 aliphatic heterocycles. The third kappa shape index (κ3) is 4.48. The Morgan fingerprint density at radius 1 is 1.09 bits per heavy atom. The molecule has 174 valence electrons. The Labute approximate surface area is 193 Å². The summed E-state index contributed by atoms with van der Waals surface area (Å²) < 4.78 is 53.6. The molecule has 11 heteroatoms. The molecule has 1 N–H and O–H groups in total. The van der Waals surface area contributed by atoms with E-state index in [1.807, 2.05) is 0 Å².